The molecule has 0 saturated carbocycles. The van der Waals surface area contributed by atoms with Gasteiger partial charge in [-0.1, -0.05) is 41.9 Å². The van der Waals surface area contributed by atoms with Gasteiger partial charge in [-0.25, -0.2) is 0 Å². The zero-order valence-corrected chi connectivity index (χ0v) is 21.5. The van der Waals surface area contributed by atoms with Crippen LogP contribution >= 0.6 is 11.6 Å². The van der Waals surface area contributed by atoms with Gasteiger partial charge in [0.25, 0.3) is 0 Å². The second-order valence-corrected chi connectivity index (χ2v) is 10.6. The molecule has 2 aromatic rings. The highest BCUT2D eigenvalue weighted by atomic mass is 35.5. The average molecular weight is 526 g/mol. The molecular formula is C28H32ClN3O5. The zero-order chi connectivity index (χ0) is 26.2. The largest absolute Gasteiger partial charge is 0.396 e. The van der Waals surface area contributed by atoms with Crippen LogP contribution in [0.4, 0.5) is 11.4 Å². The van der Waals surface area contributed by atoms with Crippen LogP contribution in [0.25, 0.3) is 0 Å². The molecule has 3 N–H and O–H groups in total. The lowest BCUT2D eigenvalue weighted by Crippen LogP contribution is -2.53. The van der Waals surface area contributed by atoms with Crippen LogP contribution < -0.4 is 10.6 Å². The van der Waals surface area contributed by atoms with E-state index in [9.17, 15) is 19.5 Å². The number of hydrogen-bond donors (Lipinski definition) is 3. The quantitative estimate of drug-likeness (QED) is 0.432. The standard InChI is InChI=1S/C28H32ClN3O5/c1-17-9-8-12-19(29)23(17)31-26(35)24-28-14-13-20(37-28)21(25(34)30-18-10-4-2-5-11-18)22(28)27(36)32(24)15-6-3-7-16-33/h2,4-5,8-12,20-22,24,33H,3,6-7,13-16H2,1H3,(H,30,34)(H,31,35)/t20-,21+,22+,24?,28?/m1/s1. The van der Waals surface area contributed by atoms with E-state index in [1.165, 1.54) is 0 Å². The Balaban J connectivity index is 1.45. The van der Waals surface area contributed by atoms with Crippen molar-refractivity contribution in [1.82, 2.24) is 4.90 Å². The molecule has 8 nitrogen and oxygen atoms in total. The van der Waals surface area contributed by atoms with E-state index in [-0.39, 0.29) is 24.3 Å². The lowest BCUT2D eigenvalue weighted by molar-refractivity contribution is -0.139. The predicted octanol–water partition coefficient (Wildman–Crippen LogP) is 3.76. The number of aliphatic hydroxyl groups excluding tert-OH is 1. The Morgan fingerprint density at radius 1 is 1.08 bits per heavy atom. The molecule has 0 aliphatic carbocycles. The van der Waals surface area contributed by atoms with E-state index in [1.54, 1.807) is 23.1 Å². The van der Waals surface area contributed by atoms with Crippen LogP contribution in [-0.4, -0.2) is 58.6 Å². The Labute approximate surface area is 221 Å². The molecule has 3 aliphatic rings. The molecule has 37 heavy (non-hydrogen) atoms. The summed E-state index contributed by atoms with van der Waals surface area (Å²) in [4.78, 5) is 42.8. The summed E-state index contributed by atoms with van der Waals surface area (Å²) in [5.74, 6) is -2.27. The molecule has 196 valence electrons. The number of anilines is 2. The Morgan fingerprint density at radius 3 is 2.59 bits per heavy atom. The van der Waals surface area contributed by atoms with Gasteiger partial charge in [-0.2, -0.15) is 0 Å². The van der Waals surface area contributed by atoms with Crippen molar-refractivity contribution in [3.05, 3.63) is 59.1 Å². The number of fused-ring (bicyclic) bond motifs is 1. The van der Waals surface area contributed by atoms with E-state index in [0.29, 0.717) is 48.6 Å². The van der Waals surface area contributed by atoms with Crippen molar-refractivity contribution in [3.63, 3.8) is 0 Å². The molecule has 3 heterocycles. The minimum absolute atomic E-state index is 0.0722. The van der Waals surface area contributed by atoms with Gasteiger partial charge in [-0.15, -0.1) is 0 Å². The minimum Gasteiger partial charge on any atom is -0.396 e. The minimum atomic E-state index is -1.07. The van der Waals surface area contributed by atoms with E-state index in [4.69, 9.17) is 16.3 Å². The number of benzene rings is 2. The highest BCUT2D eigenvalue weighted by Crippen LogP contribution is 2.58. The Kier molecular flexibility index (Phi) is 7.25. The molecule has 3 fully saturated rings. The molecular weight excluding hydrogens is 494 g/mol. The topological polar surface area (TPSA) is 108 Å². The Bertz CT molecular complexity index is 1170. The van der Waals surface area contributed by atoms with Crippen molar-refractivity contribution in [2.75, 3.05) is 23.8 Å². The number of aliphatic hydroxyl groups is 1. The number of nitrogens with one attached hydrogen (secondary N) is 2. The van der Waals surface area contributed by atoms with Crippen molar-refractivity contribution in [2.24, 2.45) is 11.8 Å². The number of halogens is 1. The summed E-state index contributed by atoms with van der Waals surface area (Å²) in [5, 5.41) is 15.5. The van der Waals surface area contributed by atoms with Crippen LogP contribution in [0.1, 0.15) is 37.7 Å². The smallest absolute Gasteiger partial charge is 0.250 e. The fourth-order valence-electron chi connectivity index (χ4n) is 6.29. The van der Waals surface area contributed by atoms with Crippen LogP contribution in [0.15, 0.2) is 48.5 Å². The van der Waals surface area contributed by atoms with Crippen molar-refractivity contribution in [2.45, 2.75) is 56.8 Å². The lowest BCUT2D eigenvalue weighted by atomic mass is 9.70. The summed E-state index contributed by atoms with van der Waals surface area (Å²) in [6.07, 6.45) is 2.67. The molecule has 0 radical (unpaired) electrons. The zero-order valence-electron chi connectivity index (χ0n) is 20.8. The first kappa shape index (κ1) is 25.7. The van der Waals surface area contributed by atoms with Crippen LogP contribution in [-0.2, 0) is 19.1 Å². The third-order valence-corrected chi connectivity index (χ3v) is 8.23. The Morgan fingerprint density at radius 2 is 1.86 bits per heavy atom. The van der Waals surface area contributed by atoms with Gasteiger partial charge in [0.15, 0.2) is 0 Å². The molecule has 2 bridgehead atoms. The van der Waals surface area contributed by atoms with Crippen LogP contribution in [0.3, 0.4) is 0 Å². The first-order valence-corrected chi connectivity index (χ1v) is 13.3. The molecule has 5 atom stereocenters. The second-order valence-electron chi connectivity index (χ2n) is 10.1. The summed E-state index contributed by atoms with van der Waals surface area (Å²) in [6.45, 7) is 2.27. The maximum atomic E-state index is 13.9. The summed E-state index contributed by atoms with van der Waals surface area (Å²) < 4.78 is 6.46. The summed E-state index contributed by atoms with van der Waals surface area (Å²) >= 11 is 6.39. The maximum absolute atomic E-state index is 13.9. The van der Waals surface area contributed by atoms with E-state index in [0.717, 1.165) is 12.0 Å². The number of ether oxygens (including phenoxy) is 1. The molecule has 2 aromatic carbocycles. The van der Waals surface area contributed by atoms with Crippen molar-refractivity contribution >= 4 is 40.7 Å². The summed E-state index contributed by atoms with van der Waals surface area (Å²) in [6, 6.07) is 13.6. The molecule has 3 aliphatic heterocycles. The third-order valence-electron chi connectivity index (χ3n) is 7.92. The van der Waals surface area contributed by atoms with Gasteiger partial charge in [-0.05, 0) is 62.8 Å². The monoisotopic (exact) mass is 525 g/mol. The van der Waals surface area contributed by atoms with Crippen LogP contribution in [0.2, 0.25) is 5.02 Å². The van der Waals surface area contributed by atoms with Gasteiger partial charge in [0.1, 0.15) is 11.6 Å². The molecule has 1 spiro atoms. The molecule has 3 amide bonds. The fourth-order valence-corrected chi connectivity index (χ4v) is 6.56. The Hall–Kier alpha value is -2.94. The van der Waals surface area contributed by atoms with Crippen molar-refractivity contribution in [1.29, 1.82) is 0 Å². The normalized spacial score (nSPS) is 27.9. The highest BCUT2D eigenvalue weighted by Gasteiger charge is 2.74. The number of carbonyl (C=O) groups is 3. The average Bonchev–Trinajstić information content (AvgIpc) is 3.52. The second kappa shape index (κ2) is 10.4. The predicted molar refractivity (Wildman–Crippen MR) is 140 cm³/mol. The first-order valence-electron chi connectivity index (χ1n) is 12.9. The molecule has 2 unspecified atom stereocenters. The number of unbranched alkanes of at least 4 members (excludes halogenated alkanes) is 2. The number of likely N-dealkylation sites (tertiary alicyclic amines) is 1. The highest BCUT2D eigenvalue weighted by molar-refractivity contribution is 6.34. The first-order chi connectivity index (χ1) is 17.9. The molecule has 5 rings (SSSR count). The molecule has 9 heteroatoms. The van der Waals surface area contributed by atoms with Crippen molar-refractivity contribution in [3.8, 4) is 0 Å². The molecule has 0 aromatic heterocycles. The van der Waals surface area contributed by atoms with Gasteiger partial charge in [0.2, 0.25) is 17.7 Å². The molecule has 3 saturated heterocycles. The summed E-state index contributed by atoms with van der Waals surface area (Å²) in [7, 11) is 0. The van der Waals surface area contributed by atoms with Gasteiger partial charge in [0.05, 0.1) is 28.6 Å². The number of rotatable bonds is 9. The number of para-hydroxylation sites is 2. The summed E-state index contributed by atoms with van der Waals surface area (Å²) in [5.41, 5.74) is 0.897. The maximum Gasteiger partial charge on any atom is 0.250 e. The van der Waals surface area contributed by atoms with Gasteiger partial charge in [0, 0.05) is 18.8 Å². The van der Waals surface area contributed by atoms with E-state index in [2.05, 4.69) is 10.6 Å². The van der Waals surface area contributed by atoms with Crippen LogP contribution in [0, 0.1) is 18.8 Å². The van der Waals surface area contributed by atoms with Gasteiger partial charge >= 0.3 is 0 Å². The number of amides is 3. The SMILES string of the molecule is Cc1cccc(Cl)c1NC(=O)C1N(CCCCCO)C(=O)[C@@H]2[C@@H](C(=O)Nc3ccccc3)[C@H]3CCC12O3. The van der Waals surface area contributed by atoms with Crippen LogP contribution in [0.5, 0.6) is 0 Å². The number of carbonyl (C=O) groups excluding carboxylic acids is 3. The number of aryl methyl sites for hydroxylation is 1. The fraction of sp³-hybridized carbons (Fsp3) is 0.464. The van der Waals surface area contributed by atoms with E-state index in [1.807, 2.05) is 37.3 Å². The number of nitrogens with zero attached hydrogens (tertiary/aromatic N) is 1. The lowest BCUT2D eigenvalue weighted by Gasteiger charge is -2.33. The third kappa shape index (κ3) is 4.51. The van der Waals surface area contributed by atoms with E-state index >= 15 is 0 Å². The van der Waals surface area contributed by atoms with Gasteiger partial charge in [-0.3, -0.25) is 14.4 Å². The van der Waals surface area contributed by atoms with Gasteiger partial charge < -0.3 is 25.4 Å². The van der Waals surface area contributed by atoms with Crippen molar-refractivity contribution < 1.29 is 24.2 Å². The number of hydrogen-bond acceptors (Lipinski definition) is 5. The van der Waals surface area contributed by atoms with E-state index < -0.39 is 29.6 Å².